The Bertz CT molecular complexity index is 348. The van der Waals surface area contributed by atoms with Crippen LogP contribution in [-0.2, 0) is 14.3 Å². The summed E-state index contributed by atoms with van der Waals surface area (Å²) in [4.78, 5) is 23.7. The smallest absolute Gasteiger partial charge is 0.310 e. The third kappa shape index (κ3) is 0.677. The monoisotopic (exact) mass is 194 g/mol. The SMILES string of the molecule is CC12CCC3C(C1)C(=O)OC3(C)C2=O. The zero-order chi connectivity index (χ0) is 10.1. The molecule has 4 aliphatic rings. The highest BCUT2D eigenvalue weighted by Gasteiger charge is 2.68. The van der Waals surface area contributed by atoms with Crippen molar-refractivity contribution in [3.63, 3.8) is 0 Å². The molecular weight excluding hydrogens is 180 g/mol. The first-order valence-corrected chi connectivity index (χ1v) is 5.25. The molecule has 14 heavy (non-hydrogen) atoms. The van der Waals surface area contributed by atoms with Gasteiger partial charge in [0.2, 0.25) is 0 Å². The van der Waals surface area contributed by atoms with E-state index in [0.29, 0.717) is 6.42 Å². The van der Waals surface area contributed by atoms with Crippen molar-refractivity contribution in [1.29, 1.82) is 0 Å². The van der Waals surface area contributed by atoms with Crippen LogP contribution in [0.2, 0.25) is 0 Å². The summed E-state index contributed by atoms with van der Waals surface area (Å²) in [5, 5.41) is 0. The summed E-state index contributed by atoms with van der Waals surface area (Å²) in [6.07, 6.45) is 2.61. The fourth-order valence-electron chi connectivity index (χ4n) is 3.69. The van der Waals surface area contributed by atoms with Gasteiger partial charge in [-0.1, -0.05) is 6.92 Å². The second-order valence-corrected chi connectivity index (χ2v) is 5.37. The van der Waals surface area contributed by atoms with Crippen LogP contribution in [0.4, 0.5) is 0 Å². The van der Waals surface area contributed by atoms with E-state index in [1.807, 2.05) is 6.92 Å². The lowest BCUT2D eigenvalue weighted by molar-refractivity contribution is -0.166. The van der Waals surface area contributed by atoms with E-state index in [4.69, 9.17) is 4.74 Å². The third-order valence-corrected chi connectivity index (χ3v) is 4.49. The molecule has 4 bridgehead atoms. The van der Waals surface area contributed by atoms with Crippen molar-refractivity contribution in [1.82, 2.24) is 0 Å². The summed E-state index contributed by atoms with van der Waals surface area (Å²) in [5.41, 5.74) is -1.08. The Balaban J connectivity index is 2.17. The van der Waals surface area contributed by atoms with Crippen molar-refractivity contribution < 1.29 is 14.3 Å². The van der Waals surface area contributed by atoms with Crippen LogP contribution in [0.15, 0.2) is 0 Å². The highest BCUT2D eigenvalue weighted by Crippen LogP contribution is 2.59. The molecule has 76 valence electrons. The molecule has 0 aromatic rings. The zero-order valence-electron chi connectivity index (χ0n) is 8.50. The van der Waals surface area contributed by atoms with Gasteiger partial charge in [0.05, 0.1) is 5.92 Å². The predicted octanol–water partition coefficient (Wildman–Crippen LogP) is 1.31. The van der Waals surface area contributed by atoms with E-state index < -0.39 is 5.60 Å². The molecule has 4 atom stereocenters. The van der Waals surface area contributed by atoms with Crippen LogP contribution < -0.4 is 0 Å². The number of hydrogen-bond donors (Lipinski definition) is 0. The lowest BCUT2D eigenvalue weighted by atomic mass is 9.52. The Hall–Kier alpha value is -0.860. The molecule has 3 heteroatoms. The average Bonchev–Trinajstić information content (AvgIpc) is 2.34. The van der Waals surface area contributed by atoms with Crippen LogP contribution in [-0.4, -0.2) is 17.4 Å². The third-order valence-electron chi connectivity index (χ3n) is 4.49. The van der Waals surface area contributed by atoms with Gasteiger partial charge in [0.15, 0.2) is 11.4 Å². The fourth-order valence-corrected chi connectivity index (χ4v) is 3.69. The number of esters is 1. The zero-order valence-corrected chi connectivity index (χ0v) is 8.50. The Labute approximate surface area is 82.8 Å². The van der Waals surface area contributed by atoms with Gasteiger partial charge in [0, 0.05) is 11.3 Å². The first-order chi connectivity index (χ1) is 6.47. The first-order valence-electron chi connectivity index (χ1n) is 5.25. The molecule has 0 radical (unpaired) electrons. The topological polar surface area (TPSA) is 43.4 Å². The van der Waals surface area contributed by atoms with Gasteiger partial charge < -0.3 is 4.74 Å². The number of fused-ring (bicyclic) bond motifs is 1. The van der Waals surface area contributed by atoms with E-state index in [-0.39, 0.29) is 29.0 Å². The maximum Gasteiger partial charge on any atom is 0.310 e. The predicted molar refractivity (Wildman–Crippen MR) is 48.4 cm³/mol. The molecule has 1 aliphatic heterocycles. The Morgan fingerprint density at radius 1 is 1.36 bits per heavy atom. The minimum Gasteiger partial charge on any atom is -0.451 e. The number of ketones is 1. The maximum atomic E-state index is 12.2. The number of rotatable bonds is 0. The quantitative estimate of drug-likeness (QED) is 0.546. The van der Waals surface area contributed by atoms with E-state index in [0.717, 1.165) is 12.8 Å². The number of hydrogen-bond acceptors (Lipinski definition) is 3. The minimum absolute atomic E-state index is 0.00329. The molecule has 1 heterocycles. The van der Waals surface area contributed by atoms with Crippen LogP contribution in [0.1, 0.15) is 33.1 Å². The van der Waals surface area contributed by atoms with Crippen LogP contribution in [0, 0.1) is 17.3 Å². The van der Waals surface area contributed by atoms with Crippen molar-refractivity contribution in [3.8, 4) is 0 Å². The van der Waals surface area contributed by atoms with Gasteiger partial charge in [-0.15, -0.1) is 0 Å². The summed E-state index contributed by atoms with van der Waals surface area (Å²) in [7, 11) is 0. The van der Waals surface area contributed by atoms with Gasteiger partial charge in [-0.2, -0.15) is 0 Å². The van der Waals surface area contributed by atoms with Crippen LogP contribution in [0.3, 0.4) is 0 Å². The molecule has 0 aromatic carbocycles. The number of Topliss-reactive ketones (excluding diaryl/α,β-unsaturated/α-hetero) is 1. The Kier molecular flexibility index (Phi) is 1.23. The van der Waals surface area contributed by atoms with Crippen molar-refractivity contribution in [3.05, 3.63) is 0 Å². The van der Waals surface area contributed by atoms with E-state index in [2.05, 4.69) is 0 Å². The van der Waals surface area contributed by atoms with Crippen molar-refractivity contribution in [2.75, 3.05) is 0 Å². The molecule has 1 saturated heterocycles. The van der Waals surface area contributed by atoms with E-state index in [1.54, 1.807) is 6.92 Å². The number of ether oxygens (including phenoxy) is 1. The van der Waals surface area contributed by atoms with Gasteiger partial charge in [0.25, 0.3) is 0 Å². The van der Waals surface area contributed by atoms with E-state index >= 15 is 0 Å². The molecule has 0 spiro atoms. The standard InChI is InChI=1S/C11H14O3/c1-10-4-3-7-6(5-10)8(12)14-11(7,2)9(10)13/h6-7H,3-5H2,1-2H3. The average molecular weight is 194 g/mol. The molecule has 0 N–H and O–H groups in total. The van der Waals surface area contributed by atoms with Crippen molar-refractivity contribution in [2.24, 2.45) is 17.3 Å². The Morgan fingerprint density at radius 3 is 2.79 bits per heavy atom. The Morgan fingerprint density at radius 2 is 2.07 bits per heavy atom. The molecule has 4 fully saturated rings. The summed E-state index contributed by atoms with van der Waals surface area (Å²) < 4.78 is 5.30. The lowest BCUT2D eigenvalue weighted by Crippen LogP contribution is -2.58. The second-order valence-electron chi connectivity index (χ2n) is 5.37. The van der Waals surface area contributed by atoms with Gasteiger partial charge in [0.1, 0.15) is 0 Å². The van der Waals surface area contributed by atoms with Crippen LogP contribution >= 0.6 is 0 Å². The van der Waals surface area contributed by atoms with E-state index in [1.165, 1.54) is 0 Å². The molecule has 0 aromatic heterocycles. The lowest BCUT2D eigenvalue weighted by Gasteiger charge is -2.49. The highest BCUT2D eigenvalue weighted by atomic mass is 16.6. The molecule has 4 unspecified atom stereocenters. The first kappa shape index (κ1) is 8.45. The summed E-state index contributed by atoms with van der Waals surface area (Å²) >= 11 is 0. The fraction of sp³-hybridized carbons (Fsp3) is 0.818. The second kappa shape index (κ2) is 2.05. The van der Waals surface area contributed by atoms with Gasteiger partial charge >= 0.3 is 5.97 Å². The molecule has 4 rings (SSSR count). The normalized spacial score (nSPS) is 55.0. The van der Waals surface area contributed by atoms with Gasteiger partial charge in [-0.3, -0.25) is 9.59 Å². The van der Waals surface area contributed by atoms with Crippen LogP contribution in [0.5, 0.6) is 0 Å². The molecule has 3 aliphatic carbocycles. The van der Waals surface area contributed by atoms with Crippen molar-refractivity contribution in [2.45, 2.75) is 38.7 Å². The van der Waals surface area contributed by atoms with Gasteiger partial charge in [-0.25, -0.2) is 0 Å². The largest absolute Gasteiger partial charge is 0.451 e. The molecule has 3 nitrogen and oxygen atoms in total. The number of carbonyl (C=O) groups excluding carboxylic acids is 2. The summed E-state index contributed by atoms with van der Waals surface area (Å²) in [6.45, 7) is 3.78. The highest BCUT2D eigenvalue weighted by molar-refractivity contribution is 6.00. The van der Waals surface area contributed by atoms with Crippen LogP contribution in [0.25, 0.3) is 0 Å². The van der Waals surface area contributed by atoms with E-state index in [9.17, 15) is 9.59 Å². The van der Waals surface area contributed by atoms with Crippen molar-refractivity contribution >= 4 is 11.8 Å². The molecule has 3 saturated carbocycles. The molecular formula is C11H14O3. The number of carbonyl (C=O) groups is 2. The molecule has 0 amide bonds. The minimum atomic E-state index is -0.785. The summed E-state index contributed by atoms with van der Waals surface area (Å²) in [5.74, 6) is 0.165. The maximum absolute atomic E-state index is 12.2. The van der Waals surface area contributed by atoms with Gasteiger partial charge in [-0.05, 0) is 26.2 Å². The summed E-state index contributed by atoms with van der Waals surface area (Å²) in [6, 6.07) is 0.